The smallest absolute Gasteiger partial charge is 0.405 e. The van der Waals surface area contributed by atoms with Gasteiger partial charge in [-0.15, -0.1) is 6.42 Å². The SMILES string of the molecule is C#CC1(NC(=O)O)CCC(c2ccc(OC)cc2)CC1. The number of terminal acetylenes is 1. The van der Waals surface area contributed by atoms with Gasteiger partial charge in [0.15, 0.2) is 0 Å². The monoisotopic (exact) mass is 273 g/mol. The zero-order chi connectivity index (χ0) is 14.6. The third-order valence-electron chi connectivity index (χ3n) is 4.05. The highest BCUT2D eigenvalue weighted by molar-refractivity contribution is 5.66. The van der Waals surface area contributed by atoms with Gasteiger partial charge < -0.3 is 15.2 Å². The van der Waals surface area contributed by atoms with Gasteiger partial charge in [0.1, 0.15) is 11.3 Å². The lowest BCUT2D eigenvalue weighted by Gasteiger charge is -2.36. The van der Waals surface area contributed by atoms with Gasteiger partial charge in [-0.3, -0.25) is 0 Å². The van der Waals surface area contributed by atoms with E-state index in [2.05, 4.69) is 23.4 Å². The molecule has 1 amide bonds. The number of nitrogens with one attached hydrogen (secondary N) is 1. The summed E-state index contributed by atoms with van der Waals surface area (Å²) in [6.07, 6.45) is 7.58. The van der Waals surface area contributed by atoms with E-state index in [0.29, 0.717) is 18.8 Å². The van der Waals surface area contributed by atoms with E-state index >= 15 is 0 Å². The maximum atomic E-state index is 10.8. The Kier molecular flexibility index (Phi) is 4.19. The summed E-state index contributed by atoms with van der Waals surface area (Å²) in [6, 6.07) is 8.04. The van der Waals surface area contributed by atoms with Crippen molar-refractivity contribution in [2.75, 3.05) is 7.11 Å². The van der Waals surface area contributed by atoms with E-state index in [1.807, 2.05) is 12.1 Å². The van der Waals surface area contributed by atoms with Crippen molar-refractivity contribution >= 4 is 6.09 Å². The van der Waals surface area contributed by atoms with Gasteiger partial charge >= 0.3 is 6.09 Å². The Morgan fingerprint density at radius 2 is 2.00 bits per heavy atom. The summed E-state index contributed by atoms with van der Waals surface area (Å²) in [5.41, 5.74) is 0.557. The van der Waals surface area contributed by atoms with Gasteiger partial charge in [0, 0.05) is 0 Å². The third-order valence-corrected chi connectivity index (χ3v) is 4.05. The van der Waals surface area contributed by atoms with Gasteiger partial charge in [0.2, 0.25) is 0 Å². The highest BCUT2D eigenvalue weighted by Crippen LogP contribution is 2.38. The Morgan fingerprint density at radius 3 is 2.45 bits per heavy atom. The molecule has 0 atom stereocenters. The highest BCUT2D eigenvalue weighted by Gasteiger charge is 2.35. The molecule has 2 rings (SSSR count). The maximum Gasteiger partial charge on any atom is 0.405 e. The summed E-state index contributed by atoms with van der Waals surface area (Å²) in [4.78, 5) is 10.8. The molecule has 0 saturated heterocycles. The van der Waals surface area contributed by atoms with Crippen molar-refractivity contribution in [1.82, 2.24) is 5.32 Å². The molecule has 1 aliphatic carbocycles. The van der Waals surface area contributed by atoms with Gasteiger partial charge in [-0.25, -0.2) is 4.79 Å². The molecule has 0 unspecified atom stereocenters. The lowest BCUT2D eigenvalue weighted by molar-refractivity contribution is 0.175. The van der Waals surface area contributed by atoms with E-state index in [1.165, 1.54) is 5.56 Å². The predicted molar refractivity (Wildman–Crippen MR) is 76.9 cm³/mol. The summed E-state index contributed by atoms with van der Waals surface area (Å²) in [5, 5.41) is 11.4. The number of benzene rings is 1. The van der Waals surface area contributed by atoms with E-state index in [9.17, 15) is 4.79 Å². The molecule has 0 heterocycles. The van der Waals surface area contributed by atoms with Crippen LogP contribution in [-0.2, 0) is 0 Å². The molecule has 0 radical (unpaired) electrons. The second kappa shape index (κ2) is 5.87. The molecule has 0 aliphatic heterocycles. The van der Waals surface area contributed by atoms with Crippen LogP contribution in [0.4, 0.5) is 4.79 Å². The number of carboxylic acid groups (broad SMARTS) is 1. The minimum absolute atomic E-state index is 0.429. The van der Waals surface area contributed by atoms with Crippen LogP contribution in [0.3, 0.4) is 0 Å². The standard InChI is InChI=1S/C16H19NO3/c1-3-16(17-15(18)19)10-8-13(9-11-16)12-4-6-14(20-2)7-5-12/h1,4-7,13,17H,8-11H2,2H3,(H,18,19). The van der Waals surface area contributed by atoms with Crippen LogP contribution in [0.25, 0.3) is 0 Å². The van der Waals surface area contributed by atoms with Gasteiger partial charge in [-0.05, 0) is 49.3 Å². The first-order valence-corrected chi connectivity index (χ1v) is 6.71. The van der Waals surface area contributed by atoms with Crippen molar-refractivity contribution in [3.8, 4) is 18.1 Å². The highest BCUT2D eigenvalue weighted by atomic mass is 16.5. The van der Waals surface area contributed by atoms with Crippen LogP contribution in [0.1, 0.15) is 37.2 Å². The second-order valence-corrected chi connectivity index (χ2v) is 5.20. The van der Waals surface area contributed by atoms with Crippen LogP contribution in [-0.4, -0.2) is 23.8 Å². The van der Waals surface area contributed by atoms with E-state index in [4.69, 9.17) is 16.3 Å². The number of ether oxygens (including phenoxy) is 1. The molecule has 0 bridgehead atoms. The first-order valence-electron chi connectivity index (χ1n) is 6.71. The molecule has 4 heteroatoms. The van der Waals surface area contributed by atoms with E-state index in [0.717, 1.165) is 18.6 Å². The predicted octanol–water partition coefficient (Wildman–Crippen LogP) is 2.99. The molecule has 1 aromatic carbocycles. The van der Waals surface area contributed by atoms with Gasteiger partial charge in [-0.1, -0.05) is 18.1 Å². The summed E-state index contributed by atoms with van der Waals surface area (Å²) >= 11 is 0. The topological polar surface area (TPSA) is 58.6 Å². The van der Waals surface area contributed by atoms with E-state index < -0.39 is 11.6 Å². The summed E-state index contributed by atoms with van der Waals surface area (Å²) < 4.78 is 5.15. The molecular weight excluding hydrogens is 254 g/mol. The number of carbonyl (C=O) groups is 1. The van der Waals surface area contributed by atoms with Crippen molar-refractivity contribution in [2.24, 2.45) is 0 Å². The average molecular weight is 273 g/mol. The van der Waals surface area contributed by atoms with Gasteiger partial charge in [0.25, 0.3) is 0 Å². The minimum atomic E-state index is -1.05. The maximum absolute atomic E-state index is 10.8. The van der Waals surface area contributed by atoms with Gasteiger partial charge in [0.05, 0.1) is 7.11 Å². The second-order valence-electron chi connectivity index (χ2n) is 5.20. The van der Waals surface area contributed by atoms with Crippen LogP contribution >= 0.6 is 0 Å². The molecule has 0 aromatic heterocycles. The van der Waals surface area contributed by atoms with Crippen molar-refractivity contribution in [3.05, 3.63) is 29.8 Å². The van der Waals surface area contributed by atoms with Crippen LogP contribution < -0.4 is 10.1 Å². The Bertz CT molecular complexity index is 508. The lowest BCUT2D eigenvalue weighted by atomic mass is 9.74. The Morgan fingerprint density at radius 1 is 1.40 bits per heavy atom. The molecule has 1 aromatic rings. The fraction of sp³-hybridized carbons (Fsp3) is 0.438. The number of hydrogen-bond donors (Lipinski definition) is 2. The van der Waals surface area contributed by atoms with Crippen molar-refractivity contribution in [1.29, 1.82) is 0 Å². The molecule has 4 nitrogen and oxygen atoms in total. The average Bonchev–Trinajstić information content (AvgIpc) is 2.47. The number of hydrogen-bond acceptors (Lipinski definition) is 2. The summed E-state index contributed by atoms with van der Waals surface area (Å²) in [5.74, 6) is 3.90. The molecule has 1 saturated carbocycles. The van der Waals surface area contributed by atoms with Crippen LogP contribution in [0.15, 0.2) is 24.3 Å². The van der Waals surface area contributed by atoms with Crippen molar-refractivity contribution in [2.45, 2.75) is 37.1 Å². The van der Waals surface area contributed by atoms with Crippen LogP contribution in [0.2, 0.25) is 0 Å². The fourth-order valence-corrected chi connectivity index (χ4v) is 2.83. The number of methoxy groups -OCH3 is 1. The lowest BCUT2D eigenvalue weighted by Crippen LogP contribution is -2.48. The zero-order valence-corrected chi connectivity index (χ0v) is 11.6. The van der Waals surface area contributed by atoms with Crippen molar-refractivity contribution < 1.29 is 14.6 Å². The first-order chi connectivity index (χ1) is 9.58. The first kappa shape index (κ1) is 14.3. The molecular formula is C16H19NO3. The van der Waals surface area contributed by atoms with Crippen molar-refractivity contribution in [3.63, 3.8) is 0 Å². The molecule has 1 aliphatic rings. The zero-order valence-electron chi connectivity index (χ0n) is 11.6. The number of amides is 1. The fourth-order valence-electron chi connectivity index (χ4n) is 2.83. The normalized spacial score (nSPS) is 25.5. The molecule has 2 N–H and O–H groups in total. The minimum Gasteiger partial charge on any atom is -0.497 e. The van der Waals surface area contributed by atoms with Crippen LogP contribution in [0.5, 0.6) is 5.75 Å². The third kappa shape index (κ3) is 3.05. The molecule has 106 valence electrons. The van der Waals surface area contributed by atoms with Crippen LogP contribution in [0, 0.1) is 12.3 Å². The van der Waals surface area contributed by atoms with Gasteiger partial charge in [-0.2, -0.15) is 0 Å². The Hall–Kier alpha value is -2.15. The summed E-state index contributed by atoms with van der Waals surface area (Å²) in [6.45, 7) is 0. The molecule has 0 spiro atoms. The van der Waals surface area contributed by atoms with E-state index in [1.54, 1.807) is 7.11 Å². The quantitative estimate of drug-likeness (QED) is 0.832. The summed E-state index contributed by atoms with van der Waals surface area (Å²) in [7, 11) is 1.65. The van der Waals surface area contributed by atoms with E-state index in [-0.39, 0.29) is 0 Å². The Balaban J connectivity index is 2.03. The Labute approximate surface area is 119 Å². The molecule has 20 heavy (non-hydrogen) atoms. The largest absolute Gasteiger partial charge is 0.497 e. The number of rotatable bonds is 3. The molecule has 1 fully saturated rings.